The van der Waals surface area contributed by atoms with Crippen LogP contribution in [0.2, 0.25) is 5.02 Å². The predicted octanol–water partition coefficient (Wildman–Crippen LogP) is 4.91. The highest BCUT2D eigenvalue weighted by molar-refractivity contribution is 6.31. The summed E-state index contributed by atoms with van der Waals surface area (Å²) < 4.78 is 34.0. The normalized spacial score (nSPS) is 12.0. The smallest absolute Gasteiger partial charge is 0.277 e. The lowest BCUT2D eigenvalue weighted by Crippen LogP contribution is -2.23. The van der Waals surface area contributed by atoms with Gasteiger partial charge in [-0.25, -0.2) is 8.78 Å². The van der Waals surface area contributed by atoms with Crippen LogP contribution < -0.4 is 10.3 Å². The Morgan fingerprint density at radius 1 is 1.11 bits per heavy atom. The van der Waals surface area contributed by atoms with Gasteiger partial charge in [0.15, 0.2) is 5.82 Å². The SMILES string of the molecule is Cc1cnc(-c2cccc([C@H](C)CO)n2)cc1-n1c(C)cc(OCc2ncc(F)cc2F)c(Cl)c1=O. The molecular formula is C26H23ClF2N4O3. The number of aromatic nitrogens is 4. The fraction of sp³-hybridized carbons (Fsp3) is 0.231. The van der Waals surface area contributed by atoms with Crippen molar-refractivity contribution in [2.24, 2.45) is 0 Å². The molecule has 4 aromatic heterocycles. The third-order valence-electron chi connectivity index (χ3n) is 5.68. The van der Waals surface area contributed by atoms with Gasteiger partial charge in [-0.15, -0.1) is 0 Å². The molecule has 0 aliphatic rings. The van der Waals surface area contributed by atoms with Gasteiger partial charge in [0.05, 0.1) is 29.9 Å². The van der Waals surface area contributed by atoms with E-state index in [1.54, 1.807) is 31.3 Å². The van der Waals surface area contributed by atoms with Gasteiger partial charge in [0.25, 0.3) is 5.56 Å². The van der Waals surface area contributed by atoms with Crippen molar-refractivity contribution in [3.63, 3.8) is 0 Å². The van der Waals surface area contributed by atoms with E-state index in [-0.39, 0.29) is 35.6 Å². The molecule has 0 fully saturated rings. The Kier molecular flexibility index (Phi) is 7.42. The minimum absolute atomic E-state index is 0.0333. The molecule has 0 aromatic carbocycles. The van der Waals surface area contributed by atoms with Crippen molar-refractivity contribution in [3.05, 3.63) is 98.4 Å². The Balaban J connectivity index is 1.71. The van der Waals surface area contributed by atoms with E-state index >= 15 is 0 Å². The third-order valence-corrected chi connectivity index (χ3v) is 6.02. The van der Waals surface area contributed by atoms with E-state index in [1.165, 1.54) is 4.57 Å². The van der Waals surface area contributed by atoms with E-state index in [9.17, 15) is 18.7 Å². The molecule has 1 N–H and O–H groups in total. The first-order chi connectivity index (χ1) is 17.2. The Hall–Kier alpha value is -3.69. The van der Waals surface area contributed by atoms with Crippen LogP contribution >= 0.6 is 11.6 Å². The minimum Gasteiger partial charge on any atom is -0.485 e. The van der Waals surface area contributed by atoms with Crippen molar-refractivity contribution >= 4 is 11.6 Å². The van der Waals surface area contributed by atoms with E-state index in [0.29, 0.717) is 28.8 Å². The Labute approximate surface area is 211 Å². The molecule has 0 spiro atoms. The minimum atomic E-state index is -0.859. The van der Waals surface area contributed by atoms with Gasteiger partial charge in [-0.2, -0.15) is 0 Å². The molecule has 0 saturated heterocycles. The lowest BCUT2D eigenvalue weighted by atomic mass is 10.1. The summed E-state index contributed by atoms with van der Waals surface area (Å²) in [6.45, 7) is 5.03. The maximum atomic E-state index is 13.9. The van der Waals surface area contributed by atoms with Gasteiger partial charge < -0.3 is 9.84 Å². The molecule has 0 saturated carbocycles. The summed E-state index contributed by atoms with van der Waals surface area (Å²) in [5.74, 6) is -1.74. The molecule has 4 aromatic rings. The first kappa shape index (κ1) is 25.4. The Morgan fingerprint density at radius 2 is 1.89 bits per heavy atom. The summed E-state index contributed by atoms with van der Waals surface area (Å²) in [5, 5.41) is 9.27. The number of ether oxygens (including phenoxy) is 1. The van der Waals surface area contributed by atoms with Crippen molar-refractivity contribution < 1.29 is 18.6 Å². The number of hydrogen-bond acceptors (Lipinski definition) is 6. The van der Waals surface area contributed by atoms with Crippen molar-refractivity contribution in [2.45, 2.75) is 33.3 Å². The average Bonchev–Trinajstić information content (AvgIpc) is 2.87. The molecule has 0 aliphatic carbocycles. The van der Waals surface area contributed by atoms with Crippen LogP contribution in [0.4, 0.5) is 8.78 Å². The Morgan fingerprint density at radius 3 is 2.61 bits per heavy atom. The molecule has 0 unspecified atom stereocenters. The van der Waals surface area contributed by atoms with Crippen LogP contribution in [0.15, 0.2) is 53.6 Å². The lowest BCUT2D eigenvalue weighted by molar-refractivity contribution is 0.271. The highest BCUT2D eigenvalue weighted by atomic mass is 35.5. The van der Waals surface area contributed by atoms with E-state index in [4.69, 9.17) is 16.3 Å². The molecule has 4 rings (SSSR count). The van der Waals surface area contributed by atoms with Crippen LogP contribution in [0.25, 0.3) is 17.1 Å². The molecule has 1 atom stereocenters. The van der Waals surface area contributed by atoms with Gasteiger partial charge in [0, 0.05) is 35.6 Å². The van der Waals surface area contributed by atoms with Crippen molar-refractivity contribution in [2.75, 3.05) is 6.61 Å². The number of aliphatic hydroxyl groups is 1. The van der Waals surface area contributed by atoms with Crippen LogP contribution in [0.5, 0.6) is 5.75 Å². The van der Waals surface area contributed by atoms with Gasteiger partial charge in [-0.05, 0) is 37.6 Å². The first-order valence-corrected chi connectivity index (χ1v) is 11.5. The van der Waals surface area contributed by atoms with E-state index in [1.807, 2.05) is 26.0 Å². The van der Waals surface area contributed by atoms with Crippen LogP contribution in [0.3, 0.4) is 0 Å². The maximum Gasteiger partial charge on any atom is 0.277 e. The summed E-state index contributed by atoms with van der Waals surface area (Å²) in [7, 11) is 0. The van der Waals surface area contributed by atoms with Crippen molar-refractivity contribution in [1.29, 1.82) is 0 Å². The van der Waals surface area contributed by atoms with E-state index in [2.05, 4.69) is 15.0 Å². The van der Waals surface area contributed by atoms with Crippen molar-refractivity contribution in [3.8, 4) is 22.8 Å². The monoisotopic (exact) mass is 512 g/mol. The summed E-state index contributed by atoms with van der Waals surface area (Å²) in [6.07, 6.45) is 2.52. The topological polar surface area (TPSA) is 90.1 Å². The van der Waals surface area contributed by atoms with E-state index in [0.717, 1.165) is 17.5 Å². The largest absolute Gasteiger partial charge is 0.485 e. The zero-order valence-corrected chi connectivity index (χ0v) is 20.6. The summed E-state index contributed by atoms with van der Waals surface area (Å²) in [5.41, 5.74) is 3.02. The molecule has 0 aliphatic heterocycles. The highest BCUT2D eigenvalue weighted by Gasteiger charge is 2.18. The standard InChI is InChI=1S/C26H23ClF2N4O3/c1-14-10-30-21(20-6-4-5-19(32-20)15(2)12-34)9-23(14)33-16(3)7-24(25(27)26(33)35)36-13-22-18(29)8-17(28)11-31-22/h4-11,15,34H,12-13H2,1-3H3/t15-/m1/s1. The number of nitrogens with zero attached hydrogens (tertiary/aromatic N) is 4. The van der Waals surface area contributed by atoms with Crippen LogP contribution in [0, 0.1) is 25.5 Å². The highest BCUT2D eigenvalue weighted by Crippen LogP contribution is 2.27. The first-order valence-electron chi connectivity index (χ1n) is 11.1. The lowest BCUT2D eigenvalue weighted by Gasteiger charge is -2.17. The molecule has 10 heteroatoms. The Bertz CT molecular complexity index is 1490. The number of hydrogen-bond donors (Lipinski definition) is 1. The number of rotatable bonds is 7. The average molecular weight is 513 g/mol. The molecule has 7 nitrogen and oxygen atoms in total. The van der Waals surface area contributed by atoms with Gasteiger partial charge >= 0.3 is 0 Å². The number of halogens is 3. The quantitative estimate of drug-likeness (QED) is 0.378. The summed E-state index contributed by atoms with van der Waals surface area (Å²) in [6, 6.07) is 9.48. The third kappa shape index (κ3) is 5.12. The molecule has 0 radical (unpaired) electrons. The second kappa shape index (κ2) is 10.5. The molecule has 4 heterocycles. The van der Waals surface area contributed by atoms with Gasteiger partial charge in [-0.3, -0.25) is 24.3 Å². The zero-order chi connectivity index (χ0) is 26.0. The van der Waals surface area contributed by atoms with Gasteiger partial charge in [0.1, 0.15) is 28.9 Å². The zero-order valence-electron chi connectivity index (χ0n) is 19.8. The second-order valence-electron chi connectivity index (χ2n) is 8.36. The number of aryl methyl sites for hydroxylation is 2. The molecule has 0 amide bonds. The molecular weight excluding hydrogens is 490 g/mol. The van der Waals surface area contributed by atoms with Crippen LogP contribution in [-0.2, 0) is 6.61 Å². The van der Waals surface area contributed by atoms with Crippen LogP contribution in [-0.4, -0.2) is 31.2 Å². The fourth-order valence-corrected chi connectivity index (χ4v) is 3.83. The summed E-state index contributed by atoms with van der Waals surface area (Å²) >= 11 is 6.35. The second-order valence-corrected chi connectivity index (χ2v) is 8.74. The van der Waals surface area contributed by atoms with Crippen molar-refractivity contribution in [1.82, 2.24) is 19.5 Å². The summed E-state index contributed by atoms with van der Waals surface area (Å²) in [4.78, 5) is 26.0. The molecule has 186 valence electrons. The van der Waals surface area contributed by atoms with Gasteiger partial charge in [-0.1, -0.05) is 24.6 Å². The fourth-order valence-electron chi connectivity index (χ4n) is 3.64. The maximum absolute atomic E-state index is 13.9. The van der Waals surface area contributed by atoms with Crippen LogP contribution in [0.1, 0.15) is 35.5 Å². The molecule has 0 bridgehead atoms. The number of pyridine rings is 4. The molecule has 36 heavy (non-hydrogen) atoms. The number of aliphatic hydroxyl groups excluding tert-OH is 1. The van der Waals surface area contributed by atoms with E-state index < -0.39 is 17.2 Å². The van der Waals surface area contributed by atoms with Gasteiger partial charge in [0.2, 0.25) is 0 Å². The predicted molar refractivity (Wildman–Crippen MR) is 132 cm³/mol.